The topological polar surface area (TPSA) is 44.4 Å². The van der Waals surface area contributed by atoms with Gasteiger partial charge in [0.2, 0.25) is 0 Å². The van der Waals surface area contributed by atoms with E-state index in [0.29, 0.717) is 18.1 Å². The number of carbonyl (C=O) groups excluding carboxylic acids is 1. The molecule has 0 radical (unpaired) electrons. The van der Waals surface area contributed by atoms with Crippen LogP contribution in [0, 0.1) is 0 Å². The second-order valence-corrected chi connectivity index (χ2v) is 4.80. The van der Waals surface area contributed by atoms with Crippen LogP contribution in [-0.4, -0.2) is 43.2 Å². The smallest absolute Gasteiger partial charge is 0.314 e. The highest BCUT2D eigenvalue weighted by Gasteiger charge is 2.36. The molecule has 0 aromatic heterocycles. The molecule has 0 aliphatic carbocycles. The fourth-order valence-corrected chi connectivity index (χ4v) is 2.99. The Kier molecular flexibility index (Phi) is 3.14. The van der Waals surface area contributed by atoms with E-state index in [2.05, 4.69) is 22.6 Å². The van der Waals surface area contributed by atoms with E-state index in [1.165, 1.54) is 19.3 Å². The van der Waals surface area contributed by atoms with Crippen molar-refractivity contribution in [2.45, 2.75) is 50.2 Å². The van der Waals surface area contributed by atoms with Gasteiger partial charge in [-0.05, 0) is 32.7 Å². The first kappa shape index (κ1) is 10.7. The fraction of sp³-hybridized carbons (Fsp3) is 0.909. The van der Waals surface area contributed by atoms with Crippen LogP contribution in [0.15, 0.2) is 0 Å². The molecule has 0 saturated carbocycles. The van der Waals surface area contributed by atoms with E-state index >= 15 is 0 Å². The predicted molar refractivity (Wildman–Crippen MR) is 59.8 cm³/mol. The van der Waals surface area contributed by atoms with Crippen molar-refractivity contribution >= 4 is 6.03 Å². The molecule has 2 heterocycles. The van der Waals surface area contributed by atoms with Gasteiger partial charge >= 0.3 is 6.03 Å². The zero-order valence-electron chi connectivity index (χ0n) is 9.62. The molecule has 2 N–H and O–H groups in total. The third kappa shape index (κ3) is 2.25. The summed E-state index contributed by atoms with van der Waals surface area (Å²) in [7, 11) is 3.90. The molecule has 2 atom stereocenters. The largest absolute Gasteiger partial charge is 0.341 e. The van der Waals surface area contributed by atoms with Crippen LogP contribution in [0.5, 0.6) is 0 Å². The number of nitrogens with one attached hydrogen (secondary N) is 2. The molecule has 86 valence electrons. The SMILES string of the molecule is CNC(=O)NC1CC2CCCC(C1)N2C. The van der Waals surface area contributed by atoms with E-state index in [-0.39, 0.29) is 6.03 Å². The van der Waals surface area contributed by atoms with Crippen molar-refractivity contribution in [3.8, 4) is 0 Å². The second kappa shape index (κ2) is 4.39. The van der Waals surface area contributed by atoms with Crippen LogP contribution in [0.3, 0.4) is 0 Å². The molecule has 2 rings (SSSR count). The zero-order valence-corrected chi connectivity index (χ0v) is 9.62. The monoisotopic (exact) mass is 211 g/mol. The van der Waals surface area contributed by atoms with E-state index < -0.39 is 0 Å². The van der Waals surface area contributed by atoms with E-state index in [0.717, 1.165) is 12.8 Å². The van der Waals surface area contributed by atoms with E-state index in [9.17, 15) is 4.79 Å². The van der Waals surface area contributed by atoms with E-state index in [4.69, 9.17) is 0 Å². The summed E-state index contributed by atoms with van der Waals surface area (Å²) in [6.45, 7) is 0. The van der Waals surface area contributed by atoms with Gasteiger partial charge in [0, 0.05) is 25.2 Å². The van der Waals surface area contributed by atoms with Gasteiger partial charge in [0.1, 0.15) is 0 Å². The van der Waals surface area contributed by atoms with Gasteiger partial charge in [0.25, 0.3) is 0 Å². The molecule has 2 aliphatic heterocycles. The van der Waals surface area contributed by atoms with Crippen molar-refractivity contribution < 1.29 is 4.79 Å². The average molecular weight is 211 g/mol. The van der Waals surface area contributed by atoms with Crippen LogP contribution >= 0.6 is 0 Å². The Hall–Kier alpha value is -0.770. The number of hydrogen-bond donors (Lipinski definition) is 2. The summed E-state index contributed by atoms with van der Waals surface area (Å²) < 4.78 is 0. The van der Waals surface area contributed by atoms with Crippen molar-refractivity contribution in [1.29, 1.82) is 0 Å². The minimum absolute atomic E-state index is 0.0392. The van der Waals surface area contributed by atoms with Gasteiger partial charge in [-0.2, -0.15) is 0 Å². The van der Waals surface area contributed by atoms with Crippen LogP contribution in [0.1, 0.15) is 32.1 Å². The van der Waals surface area contributed by atoms with Crippen LogP contribution in [0.25, 0.3) is 0 Å². The number of urea groups is 1. The lowest BCUT2D eigenvalue weighted by atomic mass is 9.82. The zero-order chi connectivity index (χ0) is 10.8. The molecule has 2 unspecified atom stereocenters. The minimum Gasteiger partial charge on any atom is -0.341 e. The Morgan fingerprint density at radius 2 is 1.87 bits per heavy atom. The summed E-state index contributed by atoms with van der Waals surface area (Å²) in [6.07, 6.45) is 6.16. The normalized spacial score (nSPS) is 36.0. The standard InChI is InChI=1S/C11H21N3O/c1-12-11(15)13-8-6-9-4-3-5-10(7-8)14(9)2/h8-10H,3-7H2,1-2H3,(H2,12,13,15). The fourth-order valence-electron chi connectivity index (χ4n) is 2.99. The van der Waals surface area contributed by atoms with Gasteiger partial charge in [-0.15, -0.1) is 0 Å². The first-order chi connectivity index (χ1) is 7.20. The lowest BCUT2D eigenvalue weighted by Crippen LogP contribution is -2.56. The van der Waals surface area contributed by atoms with Gasteiger partial charge in [0.15, 0.2) is 0 Å². The molecule has 2 aliphatic rings. The van der Waals surface area contributed by atoms with Crippen molar-refractivity contribution in [3.63, 3.8) is 0 Å². The molecule has 4 nitrogen and oxygen atoms in total. The summed E-state index contributed by atoms with van der Waals surface area (Å²) in [4.78, 5) is 13.8. The quantitative estimate of drug-likeness (QED) is 0.677. The molecule has 4 heteroatoms. The van der Waals surface area contributed by atoms with Crippen molar-refractivity contribution in [2.75, 3.05) is 14.1 Å². The molecule has 15 heavy (non-hydrogen) atoms. The molecule has 2 fully saturated rings. The first-order valence-electron chi connectivity index (χ1n) is 5.91. The summed E-state index contributed by atoms with van der Waals surface area (Å²) >= 11 is 0. The van der Waals surface area contributed by atoms with E-state index in [1.54, 1.807) is 7.05 Å². The summed E-state index contributed by atoms with van der Waals surface area (Å²) in [6, 6.07) is 1.69. The Bertz CT molecular complexity index is 230. The maximum Gasteiger partial charge on any atom is 0.314 e. The number of nitrogens with zero attached hydrogens (tertiary/aromatic N) is 1. The number of amides is 2. The van der Waals surface area contributed by atoms with Gasteiger partial charge in [0.05, 0.1) is 0 Å². The van der Waals surface area contributed by atoms with Crippen LogP contribution in [-0.2, 0) is 0 Å². The summed E-state index contributed by atoms with van der Waals surface area (Å²) in [5, 5.41) is 5.67. The molecule has 0 aromatic rings. The van der Waals surface area contributed by atoms with Gasteiger partial charge in [-0.1, -0.05) is 6.42 Å². The number of fused-ring (bicyclic) bond motifs is 2. The van der Waals surface area contributed by atoms with Gasteiger partial charge < -0.3 is 15.5 Å². The Morgan fingerprint density at radius 1 is 1.27 bits per heavy atom. The summed E-state index contributed by atoms with van der Waals surface area (Å²) in [5.74, 6) is 0. The predicted octanol–water partition coefficient (Wildman–Crippen LogP) is 0.931. The third-order valence-corrected chi connectivity index (χ3v) is 3.90. The van der Waals surface area contributed by atoms with E-state index in [1.807, 2.05) is 0 Å². The third-order valence-electron chi connectivity index (χ3n) is 3.90. The van der Waals surface area contributed by atoms with Crippen molar-refractivity contribution in [1.82, 2.24) is 15.5 Å². The highest BCUT2D eigenvalue weighted by atomic mass is 16.2. The molecular weight excluding hydrogens is 190 g/mol. The maximum atomic E-state index is 11.2. The number of piperidine rings is 2. The number of carbonyl (C=O) groups is 1. The van der Waals surface area contributed by atoms with Crippen LogP contribution in [0.2, 0.25) is 0 Å². The highest BCUT2D eigenvalue weighted by molar-refractivity contribution is 5.73. The minimum atomic E-state index is -0.0392. The molecule has 2 bridgehead atoms. The van der Waals surface area contributed by atoms with Crippen molar-refractivity contribution in [3.05, 3.63) is 0 Å². The average Bonchev–Trinajstić information content (AvgIpc) is 2.19. The lowest BCUT2D eigenvalue weighted by molar-refractivity contribution is 0.0509. The summed E-state index contributed by atoms with van der Waals surface area (Å²) in [5.41, 5.74) is 0. The molecule has 2 amide bonds. The molecule has 0 spiro atoms. The van der Waals surface area contributed by atoms with Gasteiger partial charge in [-0.3, -0.25) is 0 Å². The van der Waals surface area contributed by atoms with Crippen LogP contribution in [0.4, 0.5) is 4.79 Å². The Balaban J connectivity index is 1.92. The number of hydrogen-bond acceptors (Lipinski definition) is 2. The maximum absolute atomic E-state index is 11.2. The molecule has 0 aromatic carbocycles. The number of rotatable bonds is 1. The highest BCUT2D eigenvalue weighted by Crippen LogP contribution is 2.32. The second-order valence-electron chi connectivity index (χ2n) is 4.80. The van der Waals surface area contributed by atoms with Crippen LogP contribution < -0.4 is 10.6 Å². The first-order valence-corrected chi connectivity index (χ1v) is 5.91. The molecular formula is C11H21N3O. The lowest BCUT2D eigenvalue weighted by Gasteiger charge is -2.47. The van der Waals surface area contributed by atoms with Gasteiger partial charge in [-0.25, -0.2) is 4.79 Å². The molecule has 2 saturated heterocycles. The van der Waals surface area contributed by atoms with Crippen molar-refractivity contribution in [2.24, 2.45) is 0 Å². The Labute approximate surface area is 91.4 Å². The Morgan fingerprint density at radius 3 is 2.40 bits per heavy atom.